The van der Waals surface area contributed by atoms with E-state index in [2.05, 4.69) is 4.98 Å². The van der Waals surface area contributed by atoms with Crippen molar-refractivity contribution in [1.29, 1.82) is 0 Å². The summed E-state index contributed by atoms with van der Waals surface area (Å²) in [5.41, 5.74) is 0.448. The number of aromatic nitrogens is 1. The minimum Gasteiger partial charge on any atom is -0.481 e. The lowest BCUT2D eigenvalue weighted by Crippen LogP contribution is -2.37. The van der Waals surface area contributed by atoms with Crippen LogP contribution >= 0.6 is 0 Å². The number of likely N-dealkylation sites (tertiary alicyclic amines) is 1. The van der Waals surface area contributed by atoms with Gasteiger partial charge in [-0.1, -0.05) is 0 Å². The fourth-order valence-electron chi connectivity index (χ4n) is 2.54. The van der Waals surface area contributed by atoms with Crippen molar-refractivity contribution >= 4 is 11.9 Å². The Balaban J connectivity index is 2.08. The summed E-state index contributed by atoms with van der Waals surface area (Å²) >= 11 is 0. The van der Waals surface area contributed by atoms with Crippen LogP contribution in [0.4, 0.5) is 0 Å². The third kappa shape index (κ3) is 3.32. The SMILES string of the molecule is CC(C)Oc1ccc(C(=O)N2CCC(C(=O)O)C2C)cn1. The van der Waals surface area contributed by atoms with E-state index >= 15 is 0 Å². The van der Waals surface area contributed by atoms with Crippen LogP contribution in [0.5, 0.6) is 5.88 Å². The van der Waals surface area contributed by atoms with Crippen molar-refractivity contribution in [1.82, 2.24) is 9.88 Å². The number of carbonyl (C=O) groups excluding carboxylic acids is 1. The van der Waals surface area contributed by atoms with Crippen LogP contribution in [-0.2, 0) is 4.79 Å². The summed E-state index contributed by atoms with van der Waals surface area (Å²) < 4.78 is 5.43. The largest absolute Gasteiger partial charge is 0.481 e. The van der Waals surface area contributed by atoms with Crippen molar-refractivity contribution in [2.75, 3.05) is 6.54 Å². The fourth-order valence-corrected chi connectivity index (χ4v) is 2.54. The summed E-state index contributed by atoms with van der Waals surface area (Å²) in [5.74, 6) is -1.06. The maximum Gasteiger partial charge on any atom is 0.308 e. The van der Waals surface area contributed by atoms with Crippen LogP contribution < -0.4 is 4.74 Å². The molecule has 2 atom stereocenters. The molecule has 6 heteroatoms. The van der Waals surface area contributed by atoms with Crippen LogP contribution in [-0.4, -0.2) is 45.6 Å². The molecule has 1 amide bonds. The molecule has 0 saturated carbocycles. The zero-order valence-electron chi connectivity index (χ0n) is 12.4. The number of rotatable bonds is 4. The Hall–Kier alpha value is -2.11. The van der Waals surface area contributed by atoms with Crippen molar-refractivity contribution < 1.29 is 19.4 Å². The maximum absolute atomic E-state index is 12.4. The summed E-state index contributed by atoms with van der Waals surface area (Å²) in [6, 6.07) is 3.01. The van der Waals surface area contributed by atoms with Gasteiger partial charge in [0.1, 0.15) is 0 Å². The van der Waals surface area contributed by atoms with Crippen LogP contribution in [0.2, 0.25) is 0 Å². The standard InChI is InChI=1S/C15H20N2O4/c1-9(2)21-13-5-4-11(8-16-13)14(18)17-7-6-12(10(17)3)15(19)20/h4-5,8-10,12H,6-7H2,1-3H3,(H,19,20). The van der Waals surface area contributed by atoms with E-state index in [0.29, 0.717) is 24.4 Å². The number of hydrogen-bond donors (Lipinski definition) is 1. The Bertz CT molecular complexity index is 527. The third-order valence-electron chi connectivity index (χ3n) is 3.67. The molecule has 2 rings (SSSR count). The first kappa shape index (κ1) is 15.3. The molecular weight excluding hydrogens is 272 g/mol. The number of ether oxygens (including phenoxy) is 1. The summed E-state index contributed by atoms with van der Waals surface area (Å²) in [4.78, 5) is 29.2. The third-order valence-corrected chi connectivity index (χ3v) is 3.67. The van der Waals surface area contributed by atoms with E-state index in [1.54, 1.807) is 24.0 Å². The van der Waals surface area contributed by atoms with Gasteiger partial charge in [-0.15, -0.1) is 0 Å². The van der Waals surface area contributed by atoms with Gasteiger partial charge in [-0.3, -0.25) is 9.59 Å². The van der Waals surface area contributed by atoms with Gasteiger partial charge in [0.05, 0.1) is 17.6 Å². The number of pyridine rings is 1. The van der Waals surface area contributed by atoms with E-state index in [1.807, 2.05) is 13.8 Å². The van der Waals surface area contributed by atoms with Gasteiger partial charge in [0.25, 0.3) is 5.91 Å². The average Bonchev–Trinajstić information content (AvgIpc) is 2.80. The molecule has 0 spiro atoms. The molecule has 6 nitrogen and oxygen atoms in total. The fraction of sp³-hybridized carbons (Fsp3) is 0.533. The van der Waals surface area contributed by atoms with Gasteiger partial charge in [0, 0.05) is 24.8 Å². The molecule has 2 unspecified atom stereocenters. The maximum atomic E-state index is 12.4. The normalized spacial score (nSPS) is 21.6. The van der Waals surface area contributed by atoms with Gasteiger partial charge in [-0.05, 0) is 33.3 Å². The van der Waals surface area contributed by atoms with Gasteiger partial charge in [0.2, 0.25) is 5.88 Å². The molecule has 114 valence electrons. The summed E-state index contributed by atoms with van der Waals surface area (Å²) in [5, 5.41) is 9.11. The second kappa shape index (κ2) is 6.11. The number of amides is 1. The predicted molar refractivity (Wildman–Crippen MR) is 76.2 cm³/mol. The number of carboxylic acid groups (broad SMARTS) is 1. The summed E-state index contributed by atoms with van der Waals surface area (Å²) in [6.45, 7) is 6.03. The van der Waals surface area contributed by atoms with Gasteiger partial charge in [0.15, 0.2) is 0 Å². The van der Waals surface area contributed by atoms with Crippen LogP contribution in [0.15, 0.2) is 18.3 Å². The molecule has 1 saturated heterocycles. The lowest BCUT2D eigenvalue weighted by Gasteiger charge is -2.23. The van der Waals surface area contributed by atoms with Gasteiger partial charge in [-0.25, -0.2) is 4.98 Å². The first-order valence-corrected chi connectivity index (χ1v) is 7.06. The van der Waals surface area contributed by atoms with Gasteiger partial charge >= 0.3 is 5.97 Å². The molecule has 0 aliphatic carbocycles. The second-order valence-electron chi connectivity index (χ2n) is 5.52. The molecule has 0 bridgehead atoms. The molecule has 1 aromatic rings. The smallest absolute Gasteiger partial charge is 0.308 e. The van der Waals surface area contributed by atoms with Crippen molar-refractivity contribution in [3.8, 4) is 5.88 Å². The Morgan fingerprint density at radius 3 is 2.62 bits per heavy atom. The molecule has 21 heavy (non-hydrogen) atoms. The van der Waals surface area contributed by atoms with E-state index in [9.17, 15) is 9.59 Å². The molecule has 0 aromatic carbocycles. The zero-order valence-corrected chi connectivity index (χ0v) is 12.4. The van der Waals surface area contributed by atoms with Crippen molar-refractivity contribution in [2.24, 2.45) is 5.92 Å². The minimum absolute atomic E-state index is 0.0222. The molecule has 1 fully saturated rings. The Morgan fingerprint density at radius 1 is 1.43 bits per heavy atom. The number of nitrogens with zero attached hydrogens (tertiary/aromatic N) is 2. The molecule has 1 aliphatic heterocycles. The van der Waals surface area contributed by atoms with Crippen molar-refractivity contribution in [3.05, 3.63) is 23.9 Å². The Kier molecular flexibility index (Phi) is 4.45. The van der Waals surface area contributed by atoms with E-state index in [-0.39, 0.29) is 18.1 Å². The number of carboxylic acids is 1. The molecule has 1 aliphatic rings. The molecule has 1 N–H and O–H groups in total. The van der Waals surface area contributed by atoms with Crippen molar-refractivity contribution in [3.63, 3.8) is 0 Å². The van der Waals surface area contributed by atoms with Crippen LogP contribution in [0, 0.1) is 5.92 Å². The summed E-state index contributed by atoms with van der Waals surface area (Å²) in [7, 11) is 0. The monoisotopic (exact) mass is 292 g/mol. The zero-order chi connectivity index (χ0) is 15.6. The summed E-state index contributed by atoms with van der Waals surface area (Å²) in [6.07, 6.45) is 1.99. The van der Waals surface area contributed by atoms with E-state index in [1.165, 1.54) is 6.20 Å². The number of aliphatic carboxylic acids is 1. The van der Waals surface area contributed by atoms with E-state index < -0.39 is 11.9 Å². The minimum atomic E-state index is -0.850. The van der Waals surface area contributed by atoms with Crippen molar-refractivity contribution in [2.45, 2.75) is 39.3 Å². The predicted octanol–water partition coefficient (Wildman–Crippen LogP) is 1.80. The molecule has 2 heterocycles. The van der Waals surface area contributed by atoms with Gasteiger partial charge < -0.3 is 14.7 Å². The highest BCUT2D eigenvalue weighted by Gasteiger charge is 2.38. The molecule has 0 radical (unpaired) electrons. The Morgan fingerprint density at radius 2 is 2.14 bits per heavy atom. The highest BCUT2D eigenvalue weighted by Crippen LogP contribution is 2.26. The molecule has 1 aromatic heterocycles. The lowest BCUT2D eigenvalue weighted by molar-refractivity contribution is -0.142. The van der Waals surface area contributed by atoms with Gasteiger partial charge in [-0.2, -0.15) is 0 Å². The number of hydrogen-bond acceptors (Lipinski definition) is 4. The van der Waals surface area contributed by atoms with E-state index in [4.69, 9.17) is 9.84 Å². The highest BCUT2D eigenvalue weighted by molar-refractivity contribution is 5.94. The molecular formula is C15H20N2O4. The first-order valence-electron chi connectivity index (χ1n) is 7.06. The Labute approximate surface area is 123 Å². The lowest BCUT2D eigenvalue weighted by atomic mass is 10.0. The topological polar surface area (TPSA) is 79.7 Å². The second-order valence-corrected chi connectivity index (χ2v) is 5.52. The highest BCUT2D eigenvalue weighted by atomic mass is 16.5. The average molecular weight is 292 g/mol. The first-order chi connectivity index (χ1) is 9.90. The quantitative estimate of drug-likeness (QED) is 0.915. The van der Waals surface area contributed by atoms with E-state index in [0.717, 1.165) is 0 Å². The van der Waals surface area contributed by atoms with Crippen LogP contribution in [0.3, 0.4) is 0 Å². The van der Waals surface area contributed by atoms with Crippen LogP contribution in [0.25, 0.3) is 0 Å². The number of carbonyl (C=O) groups is 2. The van der Waals surface area contributed by atoms with Crippen LogP contribution in [0.1, 0.15) is 37.6 Å².